The van der Waals surface area contributed by atoms with Gasteiger partial charge in [0, 0.05) is 19.3 Å². The van der Waals surface area contributed by atoms with E-state index in [-0.39, 0.29) is 37.5 Å². The highest BCUT2D eigenvalue weighted by molar-refractivity contribution is 5.71. The molecule has 0 rings (SSSR count). The van der Waals surface area contributed by atoms with Gasteiger partial charge in [-0.05, 0) is 57.8 Å². The normalized spacial score (nSPS) is 12.3. The van der Waals surface area contributed by atoms with Crippen molar-refractivity contribution in [3.05, 3.63) is 48.6 Å². The van der Waals surface area contributed by atoms with E-state index in [1.807, 2.05) is 0 Å². The Labute approximate surface area is 422 Å². The molecule has 0 N–H and O–H groups in total. The largest absolute Gasteiger partial charge is 0.462 e. The molecule has 0 bridgehead atoms. The maximum atomic E-state index is 12.8. The molecule has 6 heteroatoms. The molecule has 1 atom stereocenters. The van der Waals surface area contributed by atoms with Crippen LogP contribution in [0, 0.1) is 0 Å². The summed E-state index contributed by atoms with van der Waals surface area (Å²) in [6.45, 7) is 6.61. The van der Waals surface area contributed by atoms with Crippen LogP contribution >= 0.6 is 0 Å². The topological polar surface area (TPSA) is 78.9 Å². The van der Waals surface area contributed by atoms with Gasteiger partial charge in [0.05, 0.1) is 0 Å². The van der Waals surface area contributed by atoms with Gasteiger partial charge in [-0.3, -0.25) is 14.4 Å². The lowest BCUT2D eigenvalue weighted by Gasteiger charge is -2.18. The van der Waals surface area contributed by atoms with Gasteiger partial charge in [0.25, 0.3) is 0 Å². The van der Waals surface area contributed by atoms with Crippen LogP contribution in [0.1, 0.15) is 310 Å². The van der Waals surface area contributed by atoms with E-state index in [0.29, 0.717) is 19.3 Å². The van der Waals surface area contributed by atoms with Gasteiger partial charge in [-0.2, -0.15) is 0 Å². The Kier molecular flexibility index (Phi) is 54.8. The molecule has 6 nitrogen and oxygen atoms in total. The molecule has 0 radical (unpaired) electrons. The highest BCUT2D eigenvalue weighted by Crippen LogP contribution is 2.17. The molecule has 68 heavy (non-hydrogen) atoms. The summed E-state index contributed by atoms with van der Waals surface area (Å²) in [4.78, 5) is 38.2. The molecule has 0 aromatic heterocycles. The van der Waals surface area contributed by atoms with Crippen LogP contribution in [0.2, 0.25) is 0 Å². The van der Waals surface area contributed by atoms with Crippen molar-refractivity contribution in [1.29, 1.82) is 0 Å². The van der Waals surface area contributed by atoms with Gasteiger partial charge >= 0.3 is 17.9 Å². The van der Waals surface area contributed by atoms with Gasteiger partial charge in [-0.25, -0.2) is 0 Å². The molecule has 0 saturated carbocycles. The van der Waals surface area contributed by atoms with Crippen molar-refractivity contribution in [2.45, 2.75) is 316 Å². The maximum absolute atomic E-state index is 12.8. The number of hydrogen-bond acceptors (Lipinski definition) is 6. The quantitative estimate of drug-likeness (QED) is 0.0262. The van der Waals surface area contributed by atoms with Crippen LogP contribution in [-0.4, -0.2) is 37.2 Å². The number of esters is 3. The van der Waals surface area contributed by atoms with E-state index in [1.165, 1.54) is 199 Å². The van der Waals surface area contributed by atoms with Crippen molar-refractivity contribution in [2.75, 3.05) is 13.2 Å². The number of ether oxygens (including phenoxy) is 3. The lowest BCUT2D eigenvalue weighted by molar-refractivity contribution is -0.167. The molecule has 1 unspecified atom stereocenters. The van der Waals surface area contributed by atoms with Crippen molar-refractivity contribution in [2.24, 2.45) is 0 Å². The van der Waals surface area contributed by atoms with Gasteiger partial charge in [-0.15, -0.1) is 0 Å². The lowest BCUT2D eigenvalue weighted by Crippen LogP contribution is -2.30. The number of carbonyl (C=O) groups is 3. The maximum Gasteiger partial charge on any atom is 0.306 e. The molecule has 396 valence electrons. The first-order valence-electron chi connectivity index (χ1n) is 29.6. The van der Waals surface area contributed by atoms with Crippen LogP contribution in [0.3, 0.4) is 0 Å². The van der Waals surface area contributed by atoms with Crippen LogP contribution in [-0.2, 0) is 28.6 Å². The molecule has 0 fully saturated rings. The average Bonchev–Trinajstić information content (AvgIpc) is 3.34. The van der Waals surface area contributed by atoms with E-state index < -0.39 is 6.10 Å². The minimum atomic E-state index is -0.798. The summed E-state index contributed by atoms with van der Waals surface area (Å²) in [5.41, 5.74) is 0. The van der Waals surface area contributed by atoms with E-state index in [0.717, 1.165) is 64.2 Å². The minimum absolute atomic E-state index is 0.0902. The van der Waals surface area contributed by atoms with Crippen molar-refractivity contribution in [1.82, 2.24) is 0 Å². The minimum Gasteiger partial charge on any atom is -0.462 e. The summed E-state index contributed by atoms with van der Waals surface area (Å²) < 4.78 is 16.8. The summed E-state index contributed by atoms with van der Waals surface area (Å²) in [5.74, 6) is -0.928. The second-order valence-electron chi connectivity index (χ2n) is 19.9. The first kappa shape index (κ1) is 65.4. The summed E-state index contributed by atoms with van der Waals surface area (Å²) in [6.07, 6.45) is 69.6. The van der Waals surface area contributed by atoms with E-state index in [9.17, 15) is 14.4 Å². The third-order valence-corrected chi connectivity index (χ3v) is 13.1. The predicted molar refractivity (Wildman–Crippen MR) is 293 cm³/mol. The standard InChI is InChI=1S/C62H112O6/c1-4-7-10-13-16-19-22-25-28-30-32-34-37-40-43-46-49-52-55-61(64)67-58-59(57-66-60(63)54-51-48-45-42-39-36-33-27-24-21-18-15-12-9-6-3)68-62(65)56-53-50-47-44-41-38-35-31-29-26-23-20-17-14-11-8-5-2/h17,20,26,29,35,38,44,47,59H,4-16,18-19,21-25,27-28,30-34,36-37,39-43,45-46,48-58H2,1-3H3/b20-17-,29-26-,38-35-,47-44-. The molecule has 0 aliphatic rings. The molecule has 0 aliphatic carbocycles. The van der Waals surface area contributed by atoms with Gasteiger partial charge in [0.15, 0.2) is 6.10 Å². The Morgan fingerprint density at radius 3 is 0.868 bits per heavy atom. The summed E-state index contributed by atoms with van der Waals surface area (Å²) in [6, 6.07) is 0. The van der Waals surface area contributed by atoms with Crippen molar-refractivity contribution >= 4 is 17.9 Å². The van der Waals surface area contributed by atoms with Gasteiger partial charge in [0.1, 0.15) is 13.2 Å². The number of carbonyl (C=O) groups excluding carboxylic acids is 3. The summed E-state index contributed by atoms with van der Waals surface area (Å²) >= 11 is 0. The molecule has 0 aliphatic heterocycles. The Bertz CT molecular complexity index is 1190. The average molecular weight is 954 g/mol. The number of allylic oxidation sites excluding steroid dienone is 8. The summed E-state index contributed by atoms with van der Waals surface area (Å²) in [5, 5.41) is 0. The second kappa shape index (κ2) is 57.0. The van der Waals surface area contributed by atoms with E-state index in [2.05, 4.69) is 69.4 Å². The number of rotatable bonds is 54. The Balaban J connectivity index is 4.41. The van der Waals surface area contributed by atoms with Gasteiger partial charge in [-0.1, -0.05) is 281 Å². The number of hydrogen-bond donors (Lipinski definition) is 0. The molecule has 0 amide bonds. The zero-order chi connectivity index (χ0) is 49.3. The molecule has 0 aromatic carbocycles. The predicted octanol–water partition coefficient (Wildman–Crippen LogP) is 19.8. The van der Waals surface area contributed by atoms with Crippen LogP contribution in [0.25, 0.3) is 0 Å². The van der Waals surface area contributed by atoms with Gasteiger partial charge < -0.3 is 14.2 Å². The van der Waals surface area contributed by atoms with Crippen molar-refractivity contribution in [3.63, 3.8) is 0 Å². The fourth-order valence-electron chi connectivity index (χ4n) is 8.61. The first-order chi connectivity index (χ1) is 33.5. The zero-order valence-electron chi connectivity index (χ0n) is 45.4. The third kappa shape index (κ3) is 54.3. The SMILES string of the molecule is CCCCC/C=C\C/C=C\C/C=C\C/C=C\CCCC(=O)OC(COC(=O)CCCCCCCCCCCCCCCCC)COC(=O)CCCCCCCCCCCCCCCCCCCC. The Hall–Kier alpha value is -2.63. The Morgan fingerprint density at radius 2 is 0.544 bits per heavy atom. The molecule has 0 aromatic rings. The lowest BCUT2D eigenvalue weighted by atomic mass is 10.0. The van der Waals surface area contributed by atoms with Crippen molar-refractivity contribution < 1.29 is 28.6 Å². The fourth-order valence-corrected chi connectivity index (χ4v) is 8.61. The van der Waals surface area contributed by atoms with Gasteiger partial charge in [0.2, 0.25) is 0 Å². The van der Waals surface area contributed by atoms with Crippen LogP contribution in [0.15, 0.2) is 48.6 Å². The van der Waals surface area contributed by atoms with Crippen LogP contribution in [0.5, 0.6) is 0 Å². The van der Waals surface area contributed by atoms with Crippen LogP contribution in [0.4, 0.5) is 0 Å². The molecule has 0 heterocycles. The van der Waals surface area contributed by atoms with E-state index >= 15 is 0 Å². The Morgan fingerprint density at radius 1 is 0.294 bits per heavy atom. The summed E-state index contributed by atoms with van der Waals surface area (Å²) in [7, 11) is 0. The molecule has 0 saturated heterocycles. The smallest absolute Gasteiger partial charge is 0.306 e. The number of unbranched alkanes of at least 4 members (excludes halogenated alkanes) is 35. The monoisotopic (exact) mass is 953 g/mol. The highest BCUT2D eigenvalue weighted by Gasteiger charge is 2.19. The third-order valence-electron chi connectivity index (χ3n) is 13.1. The van der Waals surface area contributed by atoms with E-state index in [1.54, 1.807) is 0 Å². The fraction of sp³-hybridized carbons (Fsp3) is 0.823. The van der Waals surface area contributed by atoms with Crippen LogP contribution < -0.4 is 0 Å². The molecule has 0 spiro atoms. The van der Waals surface area contributed by atoms with E-state index in [4.69, 9.17) is 14.2 Å². The molecular formula is C62H112O6. The van der Waals surface area contributed by atoms with Crippen molar-refractivity contribution in [3.8, 4) is 0 Å². The zero-order valence-corrected chi connectivity index (χ0v) is 45.4. The highest BCUT2D eigenvalue weighted by atomic mass is 16.6. The first-order valence-corrected chi connectivity index (χ1v) is 29.6. The second-order valence-corrected chi connectivity index (χ2v) is 19.9. The molecular weight excluding hydrogens is 841 g/mol.